The summed E-state index contributed by atoms with van der Waals surface area (Å²) in [6.45, 7) is 3.66. The fourth-order valence-corrected chi connectivity index (χ4v) is 3.24. The predicted molar refractivity (Wildman–Crippen MR) is 79.5 cm³/mol. The summed E-state index contributed by atoms with van der Waals surface area (Å²) in [6.07, 6.45) is 0. The standard InChI is InChI=1S/C13H14N4O5S/c1-3-14-23(19,20)9-4-5-10-11(6-9)21-13(18)17(10)7-12-15-8(2)22-16-12/h4-6,14H,3,7H2,1-2H3. The second-order valence-electron chi connectivity index (χ2n) is 4.81. The lowest BCUT2D eigenvalue weighted by atomic mass is 10.3. The first-order valence-electron chi connectivity index (χ1n) is 6.83. The zero-order valence-electron chi connectivity index (χ0n) is 12.4. The average Bonchev–Trinajstić information content (AvgIpc) is 3.03. The molecule has 2 aromatic heterocycles. The van der Waals surface area contributed by atoms with E-state index in [1.54, 1.807) is 13.8 Å². The molecule has 0 aliphatic heterocycles. The van der Waals surface area contributed by atoms with Crippen molar-refractivity contribution in [2.75, 3.05) is 6.54 Å². The SMILES string of the molecule is CCNS(=O)(=O)c1ccc2c(c1)oc(=O)n2Cc1noc(C)n1. The third-order valence-electron chi connectivity index (χ3n) is 3.15. The highest BCUT2D eigenvalue weighted by molar-refractivity contribution is 7.89. The van der Waals surface area contributed by atoms with Gasteiger partial charge in [0.2, 0.25) is 15.9 Å². The lowest BCUT2D eigenvalue weighted by Crippen LogP contribution is -2.23. The van der Waals surface area contributed by atoms with Gasteiger partial charge in [-0.3, -0.25) is 4.57 Å². The van der Waals surface area contributed by atoms with Crippen LogP contribution in [0.3, 0.4) is 0 Å². The summed E-state index contributed by atoms with van der Waals surface area (Å²) in [4.78, 5) is 16.0. The Balaban J connectivity index is 2.05. The highest BCUT2D eigenvalue weighted by atomic mass is 32.2. The maximum Gasteiger partial charge on any atom is 0.420 e. The molecule has 1 aromatic carbocycles. The van der Waals surface area contributed by atoms with Crippen LogP contribution in [0.2, 0.25) is 0 Å². The molecule has 0 aliphatic rings. The molecule has 2 heterocycles. The quantitative estimate of drug-likeness (QED) is 0.724. The van der Waals surface area contributed by atoms with E-state index in [0.717, 1.165) is 0 Å². The number of nitrogens with one attached hydrogen (secondary N) is 1. The van der Waals surface area contributed by atoms with Gasteiger partial charge in [-0.25, -0.2) is 17.9 Å². The van der Waals surface area contributed by atoms with Crippen molar-refractivity contribution < 1.29 is 17.4 Å². The molecule has 122 valence electrons. The Labute approximate surface area is 131 Å². The molecule has 9 nitrogen and oxygen atoms in total. The van der Waals surface area contributed by atoms with E-state index < -0.39 is 15.8 Å². The zero-order valence-corrected chi connectivity index (χ0v) is 13.3. The van der Waals surface area contributed by atoms with Crippen molar-refractivity contribution in [2.24, 2.45) is 0 Å². The molecule has 0 saturated heterocycles. The first-order chi connectivity index (χ1) is 10.9. The molecule has 0 bridgehead atoms. The van der Waals surface area contributed by atoms with E-state index in [-0.39, 0.29) is 23.6 Å². The first-order valence-corrected chi connectivity index (χ1v) is 8.31. The second kappa shape index (κ2) is 5.63. The first kappa shape index (κ1) is 15.4. The number of rotatable bonds is 5. The maximum absolute atomic E-state index is 12.0. The minimum absolute atomic E-state index is 0.0307. The van der Waals surface area contributed by atoms with Crippen LogP contribution in [-0.4, -0.2) is 29.7 Å². The Kier molecular flexibility index (Phi) is 3.78. The largest absolute Gasteiger partial charge is 0.420 e. The van der Waals surface area contributed by atoms with Crippen LogP contribution in [0.15, 0.2) is 36.8 Å². The molecule has 0 saturated carbocycles. The summed E-state index contributed by atoms with van der Waals surface area (Å²) >= 11 is 0. The van der Waals surface area contributed by atoms with Crippen molar-refractivity contribution in [2.45, 2.75) is 25.3 Å². The van der Waals surface area contributed by atoms with E-state index in [1.165, 1.54) is 22.8 Å². The van der Waals surface area contributed by atoms with E-state index in [2.05, 4.69) is 14.9 Å². The summed E-state index contributed by atoms with van der Waals surface area (Å²) in [5.41, 5.74) is 0.627. The molecule has 10 heteroatoms. The minimum atomic E-state index is -3.62. The fourth-order valence-electron chi connectivity index (χ4n) is 2.18. The molecule has 0 spiro atoms. The Morgan fingerprint density at radius 3 is 2.78 bits per heavy atom. The number of benzene rings is 1. The van der Waals surface area contributed by atoms with Gasteiger partial charge in [0.05, 0.1) is 17.0 Å². The van der Waals surface area contributed by atoms with Crippen molar-refractivity contribution in [1.82, 2.24) is 19.4 Å². The molecule has 0 aliphatic carbocycles. The van der Waals surface area contributed by atoms with Gasteiger partial charge in [-0.15, -0.1) is 0 Å². The number of aromatic nitrogens is 3. The third kappa shape index (κ3) is 2.90. The Hall–Kier alpha value is -2.46. The number of oxazole rings is 1. The summed E-state index contributed by atoms with van der Waals surface area (Å²) in [7, 11) is -3.62. The molecule has 1 N–H and O–H groups in total. The van der Waals surface area contributed by atoms with Gasteiger partial charge < -0.3 is 8.94 Å². The minimum Gasteiger partial charge on any atom is -0.408 e. The number of hydrogen-bond donors (Lipinski definition) is 1. The number of hydrogen-bond acceptors (Lipinski definition) is 7. The van der Waals surface area contributed by atoms with Gasteiger partial charge >= 0.3 is 5.76 Å². The molecule has 0 radical (unpaired) electrons. The number of nitrogens with zero attached hydrogens (tertiary/aromatic N) is 3. The van der Waals surface area contributed by atoms with E-state index in [0.29, 0.717) is 17.2 Å². The molecular formula is C13H14N4O5S. The Morgan fingerprint density at radius 1 is 1.35 bits per heavy atom. The maximum atomic E-state index is 12.0. The predicted octanol–water partition coefficient (Wildman–Crippen LogP) is 0.632. The zero-order chi connectivity index (χ0) is 16.6. The van der Waals surface area contributed by atoms with Gasteiger partial charge in [0.25, 0.3) is 0 Å². The van der Waals surface area contributed by atoms with Gasteiger partial charge in [-0.2, -0.15) is 4.98 Å². The molecule has 3 rings (SSSR count). The monoisotopic (exact) mass is 338 g/mol. The van der Waals surface area contributed by atoms with E-state index >= 15 is 0 Å². The third-order valence-corrected chi connectivity index (χ3v) is 4.70. The summed E-state index contributed by atoms with van der Waals surface area (Å²) in [5, 5.41) is 3.73. The van der Waals surface area contributed by atoms with Crippen LogP contribution in [0, 0.1) is 6.92 Å². The van der Waals surface area contributed by atoms with Crippen LogP contribution in [0.5, 0.6) is 0 Å². The summed E-state index contributed by atoms with van der Waals surface area (Å²) < 4.78 is 37.7. The van der Waals surface area contributed by atoms with Crippen molar-refractivity contribution in [3.63, 3.8) is 0 Å². The van der Waals surface area contributed by atoms with E-state index in [4.69, 9.17) is 8.94 Å². The topological polar surface area (TPSA) is 120 Å². The normalized spacial score (nSPS) is 12.1. The highest BCUT2D eigenvalue weighted by Crippen LogP contribution is 2.19. The van der Waals surface area contributed by atoms with Crippen molar-refractivity contribution in [3.8, 4) is 0 Å². The second-order valence-corrected chi connectivity index (χ2v) is 6.58. The molecule has 0 atom stereocenters. The molecule has 0 fully saturated rings. The van der Waals surface area contributed by atoms with E-state index in [1.807, 2.05) is 0 Å². The highest BCUT2D eigenvalue weighted by Gasteiger charge is 2.17. The van der Waals surface area contributed by atoms with Gasteiger partial charge in [0, 0.05) is 19.5 Å². The van der Waals surface area contributed by atoms with Crippen LogP contribution in [0.1, 0.15) is 18.6 Å². The molecule has 0 amide bonds. The Morgan fingerprint density at radius 2 is 2.13 bits per heavy atom. The van der Waals surface area contributed by atoms with Crippen molar-refractivity contribution in [1.29, 1.82) is 0 Å². The van der Waals surface area contributed by atoms with Crippen molar-refractivity contribution >= 4 is 21.1 Å². The van der Waals surface area contributed by atoms with Gasteiger partial charge in [0.15, 0.2) is 11.4 Å². The smallest absolute Gasteiger partial charge is 0.408 e. The van der Waals surface area contributed by atoms with Gasteiger partial charge in [-0.1, -0.05) is 12.1 Å². The van der Waals surface area contributed by atoms with Crippen LogP contribution in [0.25, 0.3) is 11.1 Å². The summed E-state index contributed by atoms with van der Waals surface area (Å²) in [6, 6.07) is 4.23. The van der Waals surface area contributed by atoms with Crippen LogP contribution < -0.4 is 10.5 Å². The average molecular weight is 338 g/mol. The molecule has 3 aromatic rings. The summed E-state index contributed by atoms with van der Waals surface area (Å²) in [5.74, 6) is 0.0944. The Bertz CT molecular complexity index is 1010. The lowest BCUT2D eigenvalue weighted by molar-refractivity contribution is 0.385. The van der Waals surface area contributed by atoms with Crippen molar-refractivity contribution in [3.05, 3.63) is 40.5 Å². The van der Waals surface area contributed by atoms with Gasteiger partial charge in [0.1, 0.15) is 0 Å². The number of sulfonamides is 1. The van der Waals surface area contributed by atoms with Crippen LogP contribution >= 0.6 is 0 Å². The fraction of sp³-hybridized carbons (Fsp3) is 0.308. The molecule has 0 unspecified atom stereocenters. The molecule has 23 heavy (non-hydrogen) atoms. The van der Waals surface area contributed by atoms with Crippen LogP contribution in [-0.2, 0) is 16.6 Å². The van der Waals surface area contributed by atoms with Crippen LogP contribution in [0.4, 0.5) is 0 Å². The number of fused-ring (bicyclic) bond motifs is 1. The lowest BCUT2D eigenvalue weighted by Gasteiger charge is -2.04. The number of aryl methyl sites for hydroxylation is 1. The van der Waals surface area contributed by atoms with Gasteiger partial charge in [-0.05, 0) is 12.1 Å². The van der Waals surface area contributed by atoms with E-state index in [9.17, 15) is 13.2 Å². The molecular weight excluding hydrogens is 324 g/mol.